The second-order valence-electron chi connectivity index (χ2n) is 17.5. The number of rotatable bonds is 6. The van der Waals surface area contributed by atoms with Crippen LogP contribution in [0.25, 0.3) is 98.0 Å². The van der Waals surface area contributed by atoms with E-state index in [0.717, 1.165) is 67.1 Å². The van der Waals surface area contributed by atoms with E-state index in [2.05, 4.69) is 243 Å². The molecule has 0 aliphatic carbocycles. The number of hydrogen-bond donors (Lipinski definition) is 0. The van der Waals surface area contributed by atoms with Crippen LogP contribution in [-0.2, 0) is 0 Å². The number of benzene rings is 10. The molecule has 5 heterocycles. The Labute approximate surface area is 378 Å². The van der Waals surface area contributed by atoms with Crippen molar-refractivity contribution in [1.82, 2.24) is 13.8 Å². The zero-order valence-corrected chi connectivity index (χ0v) is 35.6. The van der Waals surface area contributed by atoms with Gasteiger partial charge >= 0.3 is 0 Å². The van der Waals surface area contributed by atoms with Crippen molar-refractivity contribution in [2.24, 2.45) is 0 Å². The Morgan fingerprint density at radius 3 is 1.44 bits per heavy atom. The Balaban J connectivity index is 1.13. The average molecular weight is 840 g/mol. The summed E-state index contributed by atoms with van der Waals surface area (Å²) in [7, 11) is 0. The zero-order chi connectivity index (χ0) is 43.0. The maximum atomic E-state index is 5.90. The highest BCUT2D eigenvalue weighted by Crippen LogP contribution is 2.52. The van der Waals surface area contributed by atoms with Crippen molar-refractivity contribution >= 4 is 132 Å². The summed E-state index contributed by atoms with van der Waals surface area (Å²) in [4.78, 5) is 10.8. The monoisotopic (exact) mass is 839 g/mol. The summed E-state index contributed by atoms with van der Waals surface area (Å²) in [6.07, 6.45) is 0. The van der Waals surface area contributed by atoms with Gasteiger partial charge in [-0.05, 0) is 82.9 Å². The van der Waals surface area contributed by atoms with Crippen LogP contribution in [0.1, 0.15) is 0 Å². The van der Waals surface area contributed by atoms with Crippen molar-refractivity contribution in [3.63, 3.8) is 0 Å². The number of anilines is 6. The normalized spacial score (nSPS) is 12.2. The minimum Gasteiger partial charge on any atom is -0.308 e. The van der Waals surface area contributed by atoms with Crippen LogP contribution in [0.2, 0.25) is 0 Å². The van der Waals surface area contributed by atoms with Crippen LogP contribution < -0.4 is 9.80 Å². The molecule has 15 rings (SSSR count). The van der Waals surface area contributed by atoms with Crippen LogP contribution in [0.3, 0.4) is 0 Å². The van der Waals surface area contributed by atoms with Crippen LogP contribution >= 0.6 is 0 Å². The smallest absolute Gasteiger partial charge is 0.146 e. The second kappa shape index (κ2) is 13.3. The van der Waals surface area contributed by atoms with Crippen LogP contribution in [0.4, 0.5) is 34.1 Å². The molecule has 15 aromatic rings. The number of nitrogens with zero attached hydrogens (tertiary/aromatic N) is 5. The van der Waals surface area contributed by atoms with Crippen molar-refractivity contribution in [3.05, 3.63) is 224 Å². The van der Waals surface area contributed by atoms with Crippen molar-refractivity contribution in [1.29, 1.82) is 0 Å². The van der Waals surface area contributed by atoms with E-state index in [1.165, 1.54) is 65.0 Å². The molecular weight excluding hydrogens is 803 g/mol. The summed E-state index contributed by atoms with van der Waals surface area (Å²) in [6.45, 7) is 0. The third-order valence-electron chi connectivity index (χ3n) is 14.0. The fourth-order valence-electron chi connectivity index (χ4n) is 11.4. The lowest BCUT2D eigenvalue weighted by atomic mass is 10.00. The number of aromatic nitrogens is 3. The maximum Gasteiger partial charge on any atom is 0.146 e. The highest BCUT2D eigenvalue weighted by Gasteiger charge is 2.29. The molecule has 0 unspecified atom stereocenters. The first-order valence-electron chi connectivity index (χ1n) is 22.6. The van der Waals surface area contributed by atoms with Gasteiger partial charge in [0.05, 0.1) is 44.5 Å². The van der Waals surface area contributed by atoms with Gasteiger partial charge in [-0.3, -0.25) is 4.40 Å². The van der Waals surface area contributed by atoms with Crippen molar-refractivity contribution in [2.45, 2.75) is 0 Å². The van der Waals surface area contributed by atoms with Gasteiger partial charge in [-0.1, -0.05) is 158 Å². The molecule has 0 aliphatic rings. The highest BCUT2D eigenvalue weighted by atomic mass is 15.2. The largest absolute Gasteiger partial charge is 0.308 e. The van der Waals surface area contributed by atoms with Gasteiger partial charge in [0.1, 0.15) is 5.65 Å². The molecular formula is C61H37N5. The second-order valence-corrected chi connectivity index (χ2v) is 17.5. The maximum absolute atomic E-state index is 5.90. The fourth-order valence-corrected chi connectivity index (χ4v) is 11.4. The van der Waals surface area contributed by atoms with Gasteiger partial charge in [0, 0.05) is 65.8 Å². The Hall–Kier alpha value is -8.93. The van der Waals surface area contributed by atoms with E-state index in [1.54, 1.807) is 0 Å². The summed E-state index contributed by atoms with van der Waals surface area (Å²) in [6, 6.07) is 81.6. The first-order valence-corrected chi connectivity index (χ1v) is 22.6. The molecule has 0 amide bonds. The molecule has 5 nitrogen and oxygen atoms in total. The van der Waals surface area contributed by atoms with Crippen LogP contribution in [0, 0.1) is 0 Å². The van der Waals surface area contributed by atoms with Gasteiger partial charge < -0.3 is 14.2 Å². The first-order chi connectivity index (χ1) is 32.8. The van der Waals surface area contributed by atoms with Crippen LogP contribution in [0.5, 0.6) is 0 Å². The van der Waals surface area contributed by atoms with Crippen molar-refractivity contribution < 1.29 is 0 Å². The van der Waals surface area contributed by atoms with E-state index in [1.807, 2.05) is 0 Å². The van der Waals surface area contributed by atoms with Crippen LogP contribution in [-0.4, -0.2) is 13.8 Å². The van der Waals surface area contributed by atoms with Crippen molar-refractivity contribution in [3.8, 4) is 0 Å². The molecule has 0 radical (unpaired) electrons. The summed E-state index contributed by atoms with van der Waals surface area (Å²) in [5.74, 6) is 0. The minimum absolute atomic E-state index is 0.959. The number of para-hydroxylation sites is 6. The summed E-state index contributed by atoms with van der Waals surface area (Å²) < 4.78 is 5.01. The zero-order valence-electron chi connectivity index (χ0n) is 35.6. The molecule has 0 bridgehead atoms. The number of hydrogen-bond acceptors (Lipinski definition) is 3. The lowest BCUT2D eigenvalue weighted by Crippen LogP contribution is -2.11. The number of fused-ring (bicyclic) bond motifs is 15. The van der Waals surface area contributed by atoms with Gasteiger partial charge in [-0.2, -0.15) is 0 Å². The fraction of sp³-hybridized carbons (Fsp3) is 0. The molecule has 66 heavy (non-hydrogen) atoms. The van der Waals surface area contributed by atoms with E-state index in [4.69, 9.17) is 4.98 Å². The van der Waals surface area contributed by atoms with Gasteiger partial charge in [-0.25, -0.2) is 4.98 Å². The summed E-state index contributed by atoms with van der Waals surface area (Å²) in [5, 5.41) is 13.2. The molecule has 0 saturated carbocycles. The Morgan fingerprint density at radius 2 is 0.803 bits per heavy atom. The van der Waals surface area contributed by atoms with E-state index in [9.17, 15) is 0 Å². The van der Waals surface area contributed by atoms with Gasteiger partial charge in [-0.15, -0.1) is 0 Å². The Kier molecular flexibility index (Phi) is 7.16. The molecule has 0 atom stereocenters. The standard InChI is InChI=1S/C61H37N5/c1-5-21-40(22-6-1)63(41-23-7-2-8-24-41)53-36-39-20-13-15-29-44(39)54-48-33-17-32-47-51-37-52-55(62-61(51)66(56(47)48)60(53)54)49-34-18-31-46-50-35-38-19-14-16-30-45(38)58(59(50)65(52)57(46)49)64(42-25-9-3-10-26-42)43-27-11-4-12-28-43/h1-37H. The molecule has 0 N–H and O–H groups in total. The van der Waals surface area contributed by atoms with Gasteiger partial charge in [0.25, 0.3) is 0 Å². The Morgan fingerprint density at radius 1 is 0.318 bits per heavy atom. The lowest BCUT2D eigenvalue weighted by molar-refractivity contribution is 1.25. The molecule has 306 valence electrons. The van der Waals surface area contributed by atoms with Gasteiger partial charge in [0.2, 0.25) is 0 Å². The molecule has 0 spiro atoms. The SMILES string of the molecule is c1ccc(N(c2ccccc2)c2c3ccccc3cc3c4cccc5c6nc7c(cc6n(c23)c45)c2cccc3c4c5ccccc5cc(N(c5ccccc5)c5ccccc5)c4n7c23)cc1. The van der Waals surface area contributed by atoms with E-state index in [0.29, 0.717) is 0 Å². The van der Waals surface area contributed by atoms with E-state index < -0.39 is 0 Å². The molecule has 0 aliphatic heterocycles. The number of pyridine rings is 1. The van der Waals surface area contributed by atoms with Crippen LogP contribution in [0.15, 0.2) is 224 Å². The summed E-state index contributed by atoms with van der Waals surface area (Å²) in [5.41, 5.74) is 14.4. The van der Waals surface area contributed by atoms with E-state index in [-0.39, 0.29) is 0 Å². The molecule has 10 aromatic carbocycles. The predicted octanol–water partition coefficient (Wildman–Crippen LogP) is 16.6. The highest BCUT2D eigenvalue weighted by molar-refractivity contribution is 6.33. The van der Waals surface area contributed by atoms with Crippen molar-refractivity contribution in [2.75, 3.05) is 9.80 Å². The molecule has 5 heteroatoms. The molecule has 0 fully saturated rings. The van der Waals surface area contributed by atoms with Gasteiger partial charge in [0.15, 0.2) is 0 Å². The first kappa shape index (κ1) is 35.5. The lowest BCUT2D eigenvalue weighted by Gasteiger charge is -2.28. The Bertz CT molecular complexity index is 4270. The average Bonchev–Trinajstić information content (AvgIpc) is 4.11. The quantitative estimate of drug-likeness (QED) is 0.167. The molecule has 0 saturated heterocycles. The topological polar surface area (TPSA) is 28.2 Å². The minimum atomic E-state index is 0.959. The summed E-state index contributed by atoms with van der Waals surface area (Å²) >= 11 is 0. The third kappa shape index (κ3) is 4.70. The third-order valence-corrected chi connectivity index (χ3v) is 14.0. The van der Waals surface area contributed by atoms with E-state index >= 15 is 0 Å². The molecule has 5 aromatic heterocycles. The predicted molar refractivity (Wildman–Crippen MR) is 278 cm³/mol.